The van der Waals surface area contributed by atoms with Gasteiger partial charge < -0.3 is 10.8 Å². The molecular weight excluding hydrogens is 499 g/mol. The number of carboxylic acids is 1. The molecule has 2 atom stereocenters. The van der Waals surface area contributed by atoms with E-state index in [1.54, 1.807) is 23.7 Å². The number of rotatable bonds is 12. The predicted octanol–water partition coefficient (Wildman–Crippen LogP) is 4.45. The number of nitrogens with two attached hydrogens (primary N) is 1. The number of nitrogens with one attached hydrogen (secondary N) is 1. The van der Waals surface area contributed by atoms with Crippen molar-refractivity contribution in [3.05, 3.63) is 71.2 Å². The Morgan fingerprint density at radius 3 is 2.64 bits per heavy atom. The minimum absolute atomic E-state index is 0.0234. The number of hydrogen-bond donors (Lipinski definition) is 3. The van der Waals surface area contributed by atoms with Crippen LogP contribution in [-0.2, 0) is 20.6 Å². The second-order valence-electron chi connectivity index (χ2n) is 7.03. The Labute approximate surface area is 206 Å². The van der Waals surface area contributed by atoms with Gasteiger partial charge >= 0.3 is 5.97 Å². The van der Waals surface area contributed by atoms with Crippen LogP contribution in [0.25, 0.3) is 11.1 Å². The van der Waals surface area contributed by atoms with Gasteiger partial charge in [0.25, 0.3) is 0 Å². The van der Waals surface area contributed by atoms with Crippen molar-refractivity contribution in [3.63, 3.8) is 0 Å². The Hall–Kier alpha value is -2.18. The molecule has 4 N–H and O–H groups in total. The van der Waals surface area contributed by atoms with E-state index in [9.17, 15) is 18.9 Å². The van der Waals surface area contributed by atoms with E-state index in [1.807, 2.05) is 42.7 Å². The number of thioether (sulfide) groups is 1. The zero-order valence-corrected chi connectivity index (χ0v) is 21.0. The van der Waals surface area contributed by atoms with Crippen molar-refractivity contribution in [1.82, 2.24) is 4.98 Å². The molecule has 33 heavy (non-hydrogen) atoms. The molecule has 174 valence electrons. The van der Waals surface area contributed by atoms with E-state index in [-0.39, 0.29) is 12.0 Å². The van der Waals surface area contributed by atoms with Gasteiger partial charge in [-0.2, -0.15) is 11.8 Å². The van der Waals surface area contributed by atoms with Crippen LogP contribution < -0.4 is 10.5 Å². The van der Waals surface area contributed by atoms with Crippen LogP contribution in [0.5, 0.6) is 0 Å². The predicted molar refractivity (Wildman–Crippen MR) is 139 cm³/mol. The van der Waals surface area contributed by atoms with Gasteiger partial charge in [-0.15, -0.1) is 11.3 Å². The molecule has 0 fully saturated rings. The van der Waals surface area contributed by atoms with Gasteiger partial charge in [0, 0.05) is 22.9 Å². The number of hydrogen-bond acceptors (Lipinski definition) is 8. The number of aromatic nitrogens is 1. The number of thiazole rings is 1. The maximum absolute atomic E-state index is 13.4. The summed E-state index contributed by atoms with van der Waals surface area (Å²) in [5.74, 6) is -1.11. The summed E-state index contributed by atoms with van der Waals surface area (Å²) in [6.45, 7) is 0. The highest BCUT2D eigenvalue weighted by Gasteiger charge is 2.42. The summed E-state index contributed by atoms with van der Waals surface area (Å²) in [6, 6.07) is 14.4. The lowest BCUT2D eigenvalue weighted by atomic mass is 9.84. The largest absolute Gasteiger partial charge is 0.480 e. The van der Waals surface area contributed by atoms with Crippen LogP contribution in [0.4, 0.5) is 5.13 Å². The Bertz CT molecular complexity index is 1130. The monoisotopic (exact) mass is 521 g/mol. The third-order valence-corrected chi connectivity index (χ3v) is 8.54. The second kappa shape index (κ2) is 11.8. The Kier molecular flexibility index (Phi) is 9.10. The van der Waals surface area contributed by atoms with Crippen molar-refractivity contribution in [2.45, 2.75) is 17.7 Å². The highest BCUT2D eigenvalue weighted by Crippen LogP contribution is 2.31. The minimum Gasteiger partial charge on any atom is -0.480 e. The first kappa shape index (κ1) is 25.4. The minimum atomic E-state index is -2.01. The smallest absolute Gasteiger partial charge is 0.331 e. The number of carbonyl (C=O) groups is 2. The molecule has 7 nitrogen and oxygen atoms in total. The molecule has 2 unspecified atom stereocenters. The second-order valence-corrected chi connectivity index (χ2v) is 11.7. The highest BCUT2D eigenvalue weighted by atomic mass is 33.1. The van der Waals surface area contributed by atoms with E-state index in [1.165, 1.54) is 33.9 Å². The topological polar surface area (TPSA) is 122 Å². The van der Waals surface area contributed by atoms with Gasteiger partial charge in [0.2, 0.25) is 0 Å². The molecule has 0 saturated carbocycles. The Balaban J connectivity index is 1.90. The standard InChI is InChI=1S/C22H23N3O4S4/c1-30-11-9-22(23,20(27)28)19(26)17-8-7-15(13-18(17)16-5-3-2-4-6-16)14-32-33(29)25-21-24-10-12-31-21/h2-8,10,12-13H,9,11,14,23H2,1H3,(H,24,25)(H,27,28). The molecule has 0 aliphatic rings. The summed E-state index contributed by atoms with van der Waals surface area (Å²) in [5, 5.41) is 12.1. The number of ketones is 1. The molecule has 0 bridgehead atoms. The molecule has 3 aromatic rings. The Morgan fingerprint density at radius 1 is 1.24 bits per heavy atom. The lowest BCUT2D eigenvalue weighted by Crippen LogP contribution is -2.55. The van der Waals surface area contributed by atoms with Crippen molar-refractivity contribution in [3.8, 4) is 11.1 Å². The van der Waals surface area contributed by atoms with Crippen molar-refractivity contribution < 1.29 is 18.9 Å². The van der Waals surface area contributed by atoms with Gasteiger partial charge in [0.1, 0.15) is 0 Å². The molecule has 3 rings (SSSR count). The van der Waals surface area contributed by atoms with Crippen LogP contribution in [-0.4, -0.2) is 43.6 Å². The van der Waals surface area contributed by atoms with Gasteiger partial charge in [-0.3, -0.25) is 9.52 Å². The highest BCUT2D eigenvalue weighted by molar-refractivity contribution is 8.69. The molecule has 2 aromatic carbocycles. The van der Waals surface area contributed by atoms with Crippen LogP contribution in [0.2, 0.25) is 0 Å². The summed E-state index contributed by atoms with van der Waals surface area (Å²) in [5.41, 5.74) is 6.58. The van der Waals surface area contributed by atoms with Crippen molar-refractivity contribution in [2.24, 2.45) is 5.73 Å². The summed E-state index contributed by atoms with van der Waals surface area (Å²) in [7, 11) is -0.203. The summed E-state index contributed by atoms with van der Waals surface area (Å²) >= 11 is 2.80. The molecule has 0 radical (unpaired) electrons. The molecule has 0 saturated heterocycles. The van der Waals surface area contributed by atoms with E-state index in [0.717, 1.165) is 11.1 Å². The number of anilines is 1. The molecule has 11 heteroatoms. The van der Waals surface area contributed by atoms with E-state index in [4.69, 9.17) is 5.73 Å². The number of carboxylic acid groups (broad SMARTS) is 1. The third kappa shape index (κ3) is 6.45. The lowest BCUT2D eigenvalue weighted by molar-refractivity contribution is -0.141. The molecule has 1 heterocycles. The average molecular weight is 522 g/mol. The van der Waals surface area contributed by atoms with E-state index in [2.05, 4.69) is 9.71 Å². The van der Waals surface area contributed by atoms with Crippen molar-refractivity contribution in [1.29, 1.82) is 0 Å². The zero-order chi connectivity index (χ0) is 23.8. The molecule has 0 aliphatic carbocycles. The van der Waals surface area contributed by atoms with Gasteiger partial charge in [-0.25, -0.2) is 14.0 Å². The van der Waals surface area contributed by atoms with Gasteiger partial charge in [0.05, 0.1) is 0 Å². The summed E-state index contributed by atoms with van der Waals surface area (Å²) in [6.07, 6.45) is 3.49. The first-order valence-corrected chi connectivity index (χ1v) is 14.7. The van der Waals surface area contributed by atoms with E-state index < -0.39 is 27.3 Å². The normalized spacial score (nSPS) is 13.8. The van der Waals surface area contributed by atoms with Crippen LogP contribution >= 0.6 is 33.9 Å². The molecule has 0 spiro atoms. The molecular formula is C22H23N3O4S4. The first-order valence-electron chi connectivity index (χ1n) is 9.80. The fraction of sp³-hybridized carbons (Fsp3) is 0.227. The van der Waals surface area contributed by atoms with Crippen molar-refractivity contribution >= 4 is 60.8 Å². The van der Waals surface area contributed by atoms with Gasteiger partial charge in [-0.05, 0) is 52.0 Å². The fourth-order valence-corrected chi connectivity index (χ4v) is 6.35. The lowest BCUT2D eigenvalue weighted by Gasteiger charge is -2.24. The number of Topliss-reactive ketones (excluding diaryl/α,β-unsaturated/α-hetero) is 1. The number of carbonyl (C=O) groups excluding carboxylic acids is 1. The number of benzene rings is 2. The summed E-state index contributed by atoms with van der Waals surface area (Å²) < 4.78 is 15.1. The van der Waals surface area contributed by atoms with E-state index in [0.29, 0.717) is 22.2 Å². The molecule has 0 amide bonds. The fourth-order valence-electron chi connectivity index (χ4n) is 3.05. The van der Waals surface area contributed by atoms with E-state index >= 15 is 0 Å². The number of aliphatic carboxylic acids is 1. The first-order chi connectivity index (χ1) is 15.8. The third-order valence-electron chi connectivity index (χ3n) is 4.84. The SMILES string of the molecule is CSCCC(N)(C(=O)O)C(=O)c1ccc(CSS(=O)Nc2nccs2)cc1-c1ccccc1. The maximum atomic E-state index is 13.4. The van der Waals surface area contributed by atoms with Gasteiger partial charge in [0.15, 0.2) is 26.5 Å². The average Bonchev–Trinajstić information content (AvgIpc) is 3.34. The van der Waals surface area contributed by atoms with Crippen LogP contribution in [0.15, 0.2) is 60.1 Å². The van der Waals surface area contributed by atoms with Crippen LogP contribution in [0, 0.1) is 0 Å². The molecule has 0 aliphatic heterocycles. The van der Waals surface area contributed by atoms with Gasteiger partial charge in [-0.1, -0.05) is 42.5 Å². The molecule has 1 aromatic heterocycles. The van der Waals surface area contributed by atoms with Crippen LogP contribution in [0.1, 0.15) is 22.3 Å². The van der Waals surface area contributed by atoms with Crippen LogP contribution in [0.3, 0.4) is 0 Å². The van der Waals surface area contributed by atoms with Crippen molar-refractivity contribution in [2.75, 3.05) is 16.7 Å². The summed E-state index contributed by atoms with van der Waals surface area (Å²) in [4.78, 5) is 29.4. The zero-order valence-electron chi connectivity index (χ0n) is 17.7. The maximum Gasteiger partial charge on any atom is 0.331 e. The quantitative estimate of drug-likeness (QED) is 0.181. The Morgan fingerprint density at radius 2 is 2.00 bits per heavy atom. The number of nitrogens with zero attached hydrogens (tertiary/aromatic N) is 1.